The summed E-state index contributed by atoms with van der Waals surface area (Å²) in [5.41, 5.74) is 3.02. The molecule has 0 unspecified atom stereocenters. The first-order chi connectivity index (χ1) is 27.2. The van der Waals surface area contributed by atoms with Crippen LogP contribution in [0.25, 0.3) is 0 Å². The maximum atomic E-state index is 13.3. The number of hydroxylamine groups is 4. The Hall–Kier alpha value is -5.01. The van der Waals surface area contributed by atoms with Crippen molar-refractivity contribution in [3.63, 3.8) is 0 Å². The highest BCUT2D eigenvalue weighted by Crippen LogP contribution is 2.56. The van der Waals surface area contributed by atoms with Crippen LogP contribution in [0.15, 0.2) is 99.7 Å². The van der Waals surface area contributed by atoms with Gasteiger partial charge in [0.2, 0.25) is 0 Å². The summed E-state index contributed by atoms with van der Waals surface area (Å²) in [6, 6.07) is 4.46. The lowest BCUT2D eigenvalue weighted by atomic mass is 9.68. The highest BCUT2D eigenvalue weighted by Gasteiger charge is 2.47. The Kier molecular flexibility index (Phi) is 13.3. The first-order valence-electron chi connectivity index (χ1n) is 18.7. The van der Waals surface area contributed by atoms with Crippen molar-refractivity contribution in [1.82, 2.24) is 10.1 Å². The number of nitrogens with zero attached hydrogens (tertiary/aromatic N) is 4. The van der Waals surface area contributed by atoms with E-state index in [1.807, 2.05) is 43.1 Å². The molecule has 3 aliphatic heterocycles. The lowest BCUT2D eigenvalue weighted by Crippen LogP contribution is -2.36. The second kappa shape index (κ2) is 17.5. The molecule has 58 heavy (non-hydrogen) atoms. The summed E-state index contributed by atoms with van der Waals surface area (Å²) < 4.78 is 66.8. The molecule has 4 aliphatic rings. The summed E-state index contributed by atoms with van der Waals surface area (Å²) in [7, 11) is -7.39. The molecular weight excluding hydrogens is 793 g/mol. The third-order valence-corrected chi connectivity index (χ3v) is 12.3. The third-order valence-electron chi connectivity index (χ3n) is 10.7. The zero-order chi connectivity index (χ0) is 42.6. The summed E-state index contributed by atoms with van der Waals surface area (Å²) in [6.45, 7) is 9.11. The standard InChI is InChI=1S/C40H48N4O12S2/c1-6-28(38(48)42(5)55-26-37(47)56-44-35(45)18-19-36(44)46)24-30-27(2)41-33(39(30,3)4)14-9-7-10-15-34-40(20-11-8-12-21-40)31-25-29(58(52,53)54)16-17-32(31)43(34)22-13-23-57(49,50)51/h6-7,9-10,14-17,24-25H,2,8,11-13,18-23,26H2,1,3-5H3,(H,49,50,51)(H,52,53,54)/b10-7+,14-9+,28-6+,30-24+,34-15+. The molecule has 1 aromatic carbocycles. The van der Waals surface area contributed by atoms with Crippen LogP contribution in [-0.4, -0.2) is 91.4 Å². The third kappa shape index (κ3) is 9.64. The van der Waals surface area contributed by atoms with Crippen molar-refractivity contribution in [1.29, 1.82) is 0 Å². The van der Waals surface area contributed by atoms with Gasteiger partial charge in [0.25, 0.3) is 38.0 Å². The Morgan fingerprint density at radius 1 is 1.02 bits per heavy atom. The van der Waals surface area contributed by atoms with Crippen LogP contribution >= 0.6 is 0 Å². The van der Waals surface area contributed by atoms with Crippen molar-refractivity contribution in [2.75, 3.05) is 30.9 Å². The maximum absolute atomic E-state index is 13.3. The number of fused-ring (bicyclic) bond motifs is 2. The molecule has 16 nitrogen and oxygen atoms in total. The Morgan fingerprint density at radius 2 is 1.69 bits per heavy atom. The van der Waals surface area contributed by atoms with E-state index in [4.69, 9.17) is 9.68 Å². The molecule has 2 N–H and O–H groups in total. The number of hydrogen-bond acceptors (Lipinski definition) is 12. The van der Waals surface area contributed by atoms with Crippen LogP contribution in [-0.2, 0) is 54.5 Å². The van der Waals surface area contributed by atoms with E-state index in [1.54, 1.807) is 31.2 Å². The molecule has 5 rings (SSSR count). The average molecular weight is 841 g/mol. The summed E-state index contributed by atoms with van der Waals surface area (Å²) in [5.74, 6) is -3.35. The van der Waals surface area contributed by atoms with Crippen LogP contribution in [0.4, 0.5) is 5.69 Å². The Balaban J connectivity index is 1.32. The SMILES string of the molecule is C=C1N=C(/C=C/C=C/C=C2/N(CCCS(=O)(=O)O)c3ccc(S(=O)(=O)O)cc3C23CCCCC3)C(C)(C)/C1=C/C(=C\C)C(=O)N(C)OCC(=O)ON1C(=O)CCC1=O. The molecule has 0 bridgehead atoms. The lowest BCUT2D eigenvalue weighted by molar-refractivity contribution is -0.211. The van der Waals surface area contributed by atoms with E-state index < -0.39 is 67.1 Å². The van der Waals surface area contributed by atoms with E-state index in [0.717, 1.165) is 48.4 Å². The van der Waals surface area contributed by atoms with Gasteiger partial charge in [-0.1, -0.05) is 64.0 Å². The normalized spacial score (nSPS) is 21.0. The molecule has 1 spiro atoms. The summed E-state index contributed by atoms with van der Waals surface area (Å²) >= 11 is 0. The van der Waals surface area contributed by atoms with Crippen molar-refractivity contribution in [3.05, 3.63) is 95.4 Å². The number of carbonyl (C=O) groups is 4. The summed E-state index contributed by atoms with van der Waals surface area (Å²) in [4.78, 5) is 65.4. The van der Waals surface area contributed by atoms with Crippen molar-refractivity contribution >= 4 is 55.3 Å². The molecule has 1 aliphatic carbocycles. The van der Waals surface area contributed by atoms with Crippen molar-refractivity contribution in [2.24, 2.45) is 10.4 Å². The predicted molar refractivity (Wildman–Crippen MR) is 214 cm³/mol. The van der Waals surface area contributed by atoms with E-state index in [0.29, 0.717) is 27.7 Å². The first kappa shape index (κ1) is 44.1. The molecule has 1 saturated heterocycles. The van der Waals surface area contributed by atoms with E-state index in [9.17, 15) is 45.1 Å². The fourth-order valence-corrected chi connectivity index (χ4v) is 8.71. The molecule has 1 aromatic rings. The van der Waals surface area contributed by atoms with Gasteiger partial charge in [0, 0.05) is 54.2 Å². The smallest absolute Gasteiger partial charge is 0.344 e. The lowest BCUT2D eigenvalue weighted by Gasteiger charge is -2.37. The van der Waals surface area contributed by atoms with Gasteiger partial charge >= 0.3 is 5.97 Å². The molecule has 3 amide bonds. The van der Waals surface area contributed by atoms with Crippen LogP contribution < -0.4 is 4.90 Å². The van der Waals surface area contributed by atoms with E-state index >= 15 is 0 Å². The highest BCUT2D eigenvalue weighted by atomic mass is 32.2. The quantitative estimate of drug-likeness (QED) is 0.0821. The van der Waals surface area contributed by atoms with E-state index in [1.165, 1.54) is 19.2 Å². The minimum atomic E-state index is -4.49. The van der Waals surface area contributed by atoms with Crippen LogP contribution in [0, 0.1) is 5.41 Å². The molecule has 18 heteroatoms. The van der Waals surface area contributed by atoms with Gasteiger partial charge in [-0.15, -0.1) is 5.06 Å². The molecule has 2 fully saturated rings. The Morgan fingerprint density at radius 3 is 2.31 bits per heavy atom. The molecular formula is C40H48N4O12S2. The molecule has 3 heterocycles. The zero-order valence-corrected chi connectivity index (χ0v) is 34.5. The number of likely N-dealkylation sites (N-methyl/N-ethyl adjacent to an activating group) is 1. The minimum absolute atomic E-state index is 0.0598. The van der Waals surface area contributed by atoms with Gasteiger partial charge < -0.3 is 9.74 Å². The average Bonchev–Trinajstić information content (AvgIpc) is 3.68. The number of carbonyl (C=O) groups excluding carboxylic acids is 4. The number of imide groups is 1. The van der Waals surface area contributed by atoms with Gasteiger partial charge in [-0.05, 0) is 73.7 Å². The number of amides is 3. The molecule has 0 aromatic heterocycles. The minimum Gasteiger partial charge on any atom is -0.344 e. The largest absolute Gasteiger partial charge is 0.361 e. The van der Waals surface area contributed by atoms with Gasteiger partial charge in [0.15, 0.2) is 6.61 Å². The molecule has 0 radical (unpaired) electrons. The van der Waals surface area contributed by atoms with Crippen molar-refractivity contribution in [2.45, 2.75) is 82.4 Å². The predicted octanol–water partition coefficient (Wildman–Crippen LogP) is 5.09. The monoisotopic (exact) mass is 840 g/mol. The van der Waals surface area contributed by atoms with Crippen LogP contribution in [0.3, 0.4) is 0 Å². The first-order valence-corrected chi connectivity index (χ1v) is 21.8. The molecule has 0 atom stereocenters. The number of hydrogen-bond donors (Lipinski definition) is 2. The zero-order valence-electron chi connectivity index (χ0n) is 32.8. The number of rotatable bonds is 14. The van der Waals surface area contributed by atoms with Crippen LogP contribution in [0.2, 0.25) is 0 Å². The van der Waals surface area contributed by atoms with Gasteiger partial charge in [-0.25, -0.2) is 9.86 Å². The number of aliphatic imine (C=N–C) groups is 1. The number of anilines is 1. The number of allylic oxidation sites excluding steroid dienone is 8. The number of benzene rings is 1. The maximum Gasteiger partial charge on any atom is 0.361 e. The second-order valence-electron chi connectivity index (χ2n) is 14.9. The topological polar surface area (TPSA) is 218 Å². The van der Waals surface area contributed by atoms with Gasteiger partial charge in [0.1, 0.15) is 0 Å². The molecule has 1 saturated carbocycles. The fraction of sp³-hybridized carbons (Fsp3) is 0.425. The van der Waals surface area contributed by atoms with Crippen LogP contribution in [0.5, 0.6) is 0 Å². The van der Waals surface area contributed by atoms with Gasteiger partial charge in [-0.3, -0.25) is 33.3 Å². The Bertz CT molecular complexity index is 2280. The van der Waals surface area contributed by atoms with E-state index in [-0.39, 0.29) is 36.3 Å². The molecule has 312 valence electrons. The summed E-state index contributed by atoms with van der Waals surface area (Å²) in [6.07, 6.45) is 16.6. The van der Waals surface area contributed by atoms with Gasteiger partial charge in [-0.2, -0.15) is 16.8 Å². The van der Waals surface area contributed by atoms with Crippen LogP contribution in [0.1, 0.15) is 77.7 Å². The Labute approximate surface area is 338 Å². The van der Waals surface area contributed by atoms with Crippen molar-refractivity contribution < 1.29 is 54.8 Å². The van der Waals surface area contributed by atoms with Crippen molar-refractivity contribution in [3.8, 4) is 0 Å². The second-order valence-corrected chi connectivity index (χ2v) is 17.9. The highest BCUT2D eigenvalue weighted by molar-refractivity contribution is 7.86. The fourth-order valence-electron chi connectivity index (χ4n) is 7.71. The van der Waals surface area contributed by atoms with Gasteiger partial charge in [0.05, 0.1) is 22.1 Å². The summed E-state index contributed by atoms with van der Waals surface area (Å²) in [5, 5.41) is 1.24. The van der Waals surface area contributed by atoms with E-state index in [2.05, 4.69) is 11.6 Å².